The third-order valence-corrected chi connectivity index (χ3v) is 6.70. The summed E-state index contributed by atoms with van der Waals surface area (Å²) in [5.74, 6) is 3.18. The summed E-state index contributed by atoms with van der Waals surface area (Å²) < 4.78 is 23.8. The number of benzene rings is 1. The van der Waals surface area contributed by atoms with Crippen molar-refractivity contribution in [3.8, 4) is 17.2 Å². The Balaban J connectivity index is 1.61. The maximum Gasteiger partial charge on any atom is 0.203 e. The molecule has 0 bridgehead atoms. The number of hydrogen-bond acceptors (Lipinski definition) is 9. The summed E-state index contributed by atoms with van der Waals surface area (Å²) in [6.07, 6.45) is 7.93. The van der Waals surface area contributed by atoms with Crippen molar-refractivity contribution in [2.24, 2.45) is 7.05 Å². The van der Waals surface area contributed by atoms with Crippen LogP contribution in [-0.4, -0.2) is 85.4 Å². The van der Waals surface area contributed by atoms with Crippen molar-refractivity contribution >= 4 is 29.0 Å². The van der Waals surface area contributed by atoms with Crippen molar-refractivity contribution in [3.05, 3.63) is 29.2 Å². The molecular formula is C28H40N6O4. The van der Waals surface area contributed by atoms with Gasteiger partial charge in [0.2, 0.25) is 5.75 Å². The first-order chi connectivity index (χ1) is 18.6. The van der Waals surface area contributed by atoms with E-state index in [1.807, 2.05) is 36.0 Å². The zero-order valence-electron chi connectivity index (χ0n) is 23.2. The normalized spacial score (nSPS) is 14.3. The number of methoxy groups -OCH3 is 3. The highest BCUT2D eigenvalue weighted by atomic mass is 16.5. The molecule has 1 aliphatic rings. The fraction of sp³-hybridized carbons (Fsp3) is 0.536. The van der Waals surface area contributed by atoms with Gasteiger partial charge in [0.25, 0.3) is 0 Å². The molecule has 0 spiro atoms. The first kappa shape index (κ1) is 27.7. The zero-order chi connectivity index (χ0) is 26.9. The minimum absolute atomic E-state index is 0.560. The molecule has 2 aromatic heterocycles. The van der Waals surface area contributed by atoms with E-state index in [1.54, 1.807) is 21.3 Å². The second kappa shape index (κ2) is 13.4. The molecule has 1 saturated heterocycles. The summed E-state index contributed by atoms with van der Waals surface area (Å²) in [5, 5.41) is 8.36. The first-order valence-electron chi connectivity index (χ1n) is 13.3. The van der Waals surface area contributed by atoms with E-state index in [9.17, 15) is 0 Å². The van der Waals surface area contributed by atoms with E-state index in [0.29, 0.717) is 23.1 Å². The Kier molecular flexibility index (Phi) is 9.78. The number of nitrogens with one attached hydrogen (secondary N) is 1. The largest absolute Gasteiger partial charge is 0.493 e. The molecule has 0 saturated carbocycles. The van der Waals surface area contributed by atoms with Crippen molar-refractivity contribution in [2.75, 3.05) is 66.0 Å². The van der Waals surface area contributed by atoms with E-state index < -0.39 is 0 Å². The summed E-state index contributed by atoms with van der Waals surface area (Å²) >= 11 is 0. The molecule has 0 radical (unpaired) electrons. The number of nitrogens with zero attached hydrogens (tertiary/aromatic N) is 5. The smallest absolute Gasteiger partial charge is 0.203 e. The summed E-state index contributed by atoms with van der Waals surface area (Å²) in [4.78, 5) is 12.2. The van der Waals surface area contributed by atoms with Gasteiger partial charge in [0.15, 0.2) is 23.1 Å². The molecule has 38 heavy (non-hydrogen) atoms. The van der Waals surface area contributed by atoms with E-state index in [2.05, 4.69) is 17.1 Å². The van der Waals surface area contributed by atoms with Gasteiger partial charge < -0.3 is 24.3 Å². The van der Waals surface area contributed by atoms with Crippen LogP contribution >= 0.6 is 0 Å². The van der Waals surface area contributed by atoms with Crippen LogP contribution in [0.2, 0.25) is 0 Å². The molecule has 4 rings (SSSR count). The lowest BCUT2D eigenvalue weighted by Gasteiger charge is -2.26. The molecule has 0 unspecified atom stereocenters. The minimum Gasteiger partial charge on any atom is -0.493 e. The van der Waals surface area contributed by atoms with Crippen LogP contribution in [0.5, 0.6) is 17.2 Å². The first-order valence-corrected chi connectivity index (χ1v) is 13.3. The molecular weight excluding hydrogens is 484 g/mol. The van der Waals surface area contributed by atoms with Gasteiger partial charge in [0.1, 0.15) is 11.0 Å². The molecule has 3 heterocycles. The van der Waals surface area contributed by atoms with E-state index >= 15 is 0 Å². The molecule has 1 aromatic carbocycles. The number of aryl methyl sites for hydroxylation is 2. The third-order valence-electron chi connectivity index (χ3n) is 6.70. The maximum absolute atomic E-state index is 5.50. The summed E-state index contributed by atoms with van der Waals surface area (Å²) in [7, 11) is 6.78. The van der Waals surface area contributed by atoms with Crippen LogP contribution in [0.3, 0.4) is 0 Å². The second-order valence-corrected chi connectivity index (χ2v) is 9.33. The second-order valence-electron chi connectivity index (χ2n) is 9.33. The molecule has 1 fully saturated rings. The van der Waals surface area contributed by atoms with Gasteiger partial charge in [-0.15, -0.1) is 0 Å². The van der Waals surface area contributed by atoms with Crippen LogP contribution in [0.25, 0.3) is 23.2 Å². The highest BCUT2D eigenvalue weighted by Gasteiger charge is 2.17. The Morgan fingerprint density at radius 2 is 1.74 bits per heavy atom. The van der Waals surface area contributed by atoms with Crippen molar-refractivity contribution in [1.82, 2.24) is 24.6 Å². The van der Waals surface area contributed by atoms with Crippen LogP contribution in [-0.2, 0) is 18.2 Å². The number of anilines is 1. The number of aromatic nitrogens is 4. The van der Waals surface area contributed by atoms with Gasteiger partial charge in [0, 0.05) is 26.7 Å². The van der Waals surface area contributed by atoms with Crippen LogP contribution in [0.4, 0.5) is 5.82 Å². The fourth-order valence-corrected chi connectivity index (χ4v) is 4.67. The van der Waals surface area contributed by atoms with Gasteiger partial charge in [-0.3, -0.25) is 9.58 Å². The Morgan fingerprint density at radius 3 is 2.39 bits per heavy atom. The Hall–Kier alpha value is -3.37. The molecule has 10 heteroatoms. The highest BCUT2D eigenvalue weighted by Crippen LogP contribution is 2.38. The maximum atomic E-state index is 5.50. The number of hydrogen-bond donors (Lipinski definition) is 1. The standard InChI is InChI=1S/C28H40N6O4/c1-6-7-9-21-25-26(33(2)32-21)28(29-12-8-13-34-14-16-38-17-15-34)31-24(30-25)11-10-20-18-22(35-3)27(37-5)23(19-20)36-4/h10-11,18-19H,6-9,12-17H2,1-5H3,(H,29,30,31)/b11-10+. The summed E-state index contributed by atoms with van der Waals surface area (Å²) in [5.41, 5.74) is 3.73. The van der Waals surface area contributed by atoms with Gasteiger partial charge in [-0.25, -0.2) is 9.97 Å². The number of ether oxygens (including phenoxy) is 4. The number of morpholine rings is 1. The quantitative estimate of drug-likeness (QED) is 0.332. The average molecular weight is 525 g/mol. The molecule has 0 aliphatic carbocycles. The molecule has 206 valence electrons. The lowest BCUT2D eigenvalue weighted by molar-refractivity contribution is 0.0378. The van der Waals surface area contributed by atoms with E-state index in [1.165, 1.54) is 0 Å². The van der Waals surface area contributed by atoms with Crippen LogP contribution in [0, 0.1) is 0 Å². The van der Waals surface area contributed by atoms with E-state index in [0.717, 1.165) is 93.2 Å². The highest BCUT2D eigenvalue weighted by molar-refractivity contribution is 5.89. The van der Waals surface area contributed by atoms with Crippen molar-refractivity contribution < 1.29 is 18.9 Å². The van der Waals surface area contributed by atoms with Gasteiger partial charge in [-0.1, -0.05) is 19.4 Å². The lowest BCUT2D eigenvalue weighted by atomic mass is 10.1. The number of rotatable bonds is 13. The van der Waals surface area contributed by atoms with Gasteiger partial charge in [-0.05, 0) is 49.6 Å². The van der Waals surface area contributed by atoms with Crippen molar-refractivity contribution in [2.45, 2.75) is 32.6 Å². The SMILES string of the molecule is CCCCc1nn(C)c2c(NCCCN3CCOCC3)nc(/C=C/c3cc(OC)c(OC)c(OC)c3)nc12. The summed E-state index contributed by atoms with van der Waals surface area (Å²) in [6, 6.07) is 3.80. The van der Waals surface area contributed by atoms with Crippen LogP contribution in [0.15, 0.2) is 12.1 Å². The van der Waals surface area contributed by atoms with E-state index in [-0.39, 0.29) is 0 Å². The molecule has 1 aliphatic heterocycles. The van der Waals surface area contributed by atoms with Gasteiger partial charge in [-0.2, -0.15) is 5.10 Å². The Labute approximate surface area is 224 Å². The average Bonchev–Trinajstić information content (AvgIpc) is 3.27. The Morgan fingerprint density at radius 1 is 1.00 bits per heavy atom. The van der Waals surface area contributed by atoms with Crippen molar-refractivity contribution in [1.29, 1.82) is 0 Å². The number of unbranched alkanes of at least 4 members (excludes halogenated alkanes) is 1. The predicted molar refractivity (Wildman–Crippen MR) is 150 cm³/mol. The molecule has 0 atom stereocenters. The lowest BCUT2D eigenvalue weighted by Crippen LogP contribution is -2.37. The predicted octanol–water partition coefficient (Wildman–Crippen LogP) is 4.04. The Bertz CT molecular complexity index is 1210. The molecule has 3 aromatic rings. The molecule has 1 N–H and O–H groups in total. The molecule has 10 nitrogen and oxygen atoms in total. The molecule has 0 amide bonds. The van der Waals surface area contributed by atoms with Gasteiger partial charge in [0.05, 0.1) is 40.2 Å². The number of fused-ring (bicyclic) bond motifs is 1. The zero-order valence-corrected chi connectivity index (χ0v) is 23.2. The van der Waals surface area contributed by atoms with Crippen molar-refractivity contribution in [3.63, 3.8) is 0 Å². The monoisotopic (exact) mass is 524 g/mol. The topological polar surface area (TPSA) is 95.8 Å². The third kappa shape index (κ3) is 6.54. The van der Waals surface area contributed by atoms with Gasteiger partial charge >= 0.3 is 0 Å². The van der Waals surface area contributed by atoms with Crippen LogP contribution in [0.1, 0.15) is 43.3 Å². The fourth-order valence-electron chi connectivity index (χ4n) is 4.67. The van der Waals surface area contributed by atoms with Crippen LogP contribution < -0.4 is 19.5 Å². The summed E-state index contributed by atoms with van der Waals surface area (Å²) in [6.45, 7) is 7.66. The van der Waals surface area contributed by atoms with E-state index in [4.69, 9.17) is 34.0 Å². The minimum atomic E-state index is 0.560.